The number of carboxylic acid groups (broad SMARTS) is 1. The molecule has 1 aliphatic heterocycles. The smallest absolute Gasteiger partial charge is 0.337 e. The number of hydrogen-bond acceptors (Lipinski definition) is 4. The van der Waals surface area contributed by atoms with Crippen molar-refractivity contribution in [3.63, 3.8) is 0 Å². The Morgan fingerprint density at radius 1 is 1.15 bits per heavy atom. The molecule has 2 aromatic rings. The fourth-order valence-corrected chi connectivity index (χ4v) is 3.14. The third-order valence-electron chi connectivity index (χ3n) is 4.36. The zero-order valence-electron chi connectivity index (χ0n) is 14.6. The molecule has 142 valence electrons. The van der Waals surface area contributed by atoms with E-state index in [1.54, 1.807) is 12.1 Å². The summed E-state index contributed by atoms with van der Waals surface area (Å²) in [5.41, 5.74) is 1.70. The molecule has 3 rings (SSSR count). The van der Waals surface area contributed by atoms with Crippen molar-refractivity contribution < 1.29 is 24.2 Å². The van der Waals surface area contributed by atoms with Crippen LogP contribution in [0.15, 0.2) is 42.5 Å². The largest absolute Gasteiger partial charge is 0.478 e. The molecule has 0 aliphatic carbocycles. The first kappa shape index (κ1) is 19.4. The molecule has 2 N–H and O–H groups in total. The molecule has 0 aromatic heterocycles. The minimum atomic E-state index is -1.12. The number of anilines is 1. The summed E-state index contributed by atoms with van der Waals surface area (Å²) in [7, 11) is 0. The van der Waals surface area contributed by atoms with Crippen LogP contribution in [0, 0.1) is 0 Å². The molecule has 0 saturated carbocycles. The summed E-state index contributed by atoms with van der Waals surface area (Å²) in [5.74, 6) is -1.42. The van der Waals surface area contributed by atoms with E-state index in [2.05, 4.69) is 5.32 Å². The van der Waals surface area contributed by atoms with E-state index < -0.39 is 5.97 Å². The Kier molecular flexibility index (Phi) is 6.45. The molecule has 27 heavy (non-hydrogen) atoms. The van der Waals surface area contributed by atoms with Crippen LogP contribution in [0.1, 0.15) is 39.1 Å². The number of carbonyl (C=O) groups excluding carboxylic acids is 1. The predicted molar refractivity (Wildman–Crippen MR) is 101 cm³/mol. The molecule has 1 saturated heterocycles. The number of carbonyl (C=O) groups is 2. The minimum Gasteiger partial charge on any atom is -0.478 e. The van der Waals surface area contributed by atoms with Crippen LogP contribution in [-0.4, -0.2) is 36.3 Å². The van der Waals surface area contributed by atoms with Crippen LogP contribution in [0.2, 0.25) is 5.02 Å². The van der Waals surface area contributed by atoms with Gasteiger partial charge >= 0.3 is 5.97 Å². The van der Waals surface area contributed by atoms with Crippen LogP contribution in [0.25, 0.3) is 0 Å². The lowest BCUT2D eigenvalue weighted by molar-refractivity contribution is -0.0391. The van der Waals surface area contributed by atoms with Gasteiger partial charge in [-0.25, -0.2) is 4.79 Å². The lowest BCUT2D eigenvalue weighted by Gasteiger charge is -2.23. The number of rotatable bonds is 6. The summed E-state index contributed by atoms with van der Waals surface area (Å²) in [6.07, 6.45) is 1.84. The van der Waals surface area contributed by atoms with Crippen LogP contribution in [0.3, 0.4) is 0 Å². The number of benzene rings is 2. The Bertz CT molecular complexity index is 833. The molecule has 0 bridgehead atoms. The first-order chi connectivity index (χ1) is 13.0. The van der Waals surface area contributed by atoms with Crippen molar-refractivity contribution in [3.05, 3.63) is 64.2 Å². The number of aromatic carboxylic acids is 1. The minimum absolute atomic E-state index is 0.0140. The average molecular weight is 390 g/mol. The van der Waals surface area contributed by atoms with Gasteiger partial charge in [-0.15, -0.1) is 0 Å². The highest BCUT2D eigenvalue weighted by atomic mass is 35.5. The summed E-state index contributed by atoms with van der Waals surface area (Å²) < 4.78 is 11.2. The second kappa shape index (κ2) is 8.99. The van der Waals surface area contributed by atoms with Gasteiger partial charge in [0.2, 0.25) is 0 Å². The first-order valence-electron chi connectivity index (χ1n) is 8.66. The second-order valence-corrected chi connectivity index (χ2v) is 6.64. The van der Waals surface area contributed by atoms with Crippen molar-refractivity contribution in [2.75, 3.05) is 18.5 Å². The van der Waals surface area contributed by atoms with Gasteiger partial charge in [0.05, 0.1) is 23.3 Å². The number of nitrogens with one attached hydrogen (secondary N) is 1. The molecular formula is C20H20ClNO5. The Balaban J connectivity index is 1.69. The summed E-state index contributed by atoms with van der Waals surface area (Å²) in [6.45, 7) is 1.73. The van der Waals surface area contributed by atoms with Crippen molar-refractivity contribution in [1.82, 2.24) is 0 Å². The van der Waals surface area contributed by atoms with Gasteiger partial charge in [-0.05, 0) is 42.7 Å². The van der Waals surface area contributed by atoms with Crippen molar-refractivity contribution in [2.45, 2.75) is 25.6 Å². The van der Waals surface area contributed by atoms with Gasteiger partial charge < -0.3 is 19.9 Å². The van der Waals surface area contributed by atoms with Crippen LogP contribution in [0.4, 0.5) is 5.69 Å². The van der Waals surface area contributed by atoms with Gasteiger partial charge in [0.15, 0.2) is 0 Å². The molecule has 0 radical (unpaired) electrons. The monoisotopic (exact) mass is 389 g/mol. The Morgan fingerprint density at radius 3 is 2.59 bits per heavy atom. The number of amides is 1. The third kappa shape index (κ3) is 5.07. The number of halogens is 1. The van der Waals surface area contributed by atoms with Crippen molar-refractivity contribution in [2.24, 2.45) is 0 Å². The maximum absolute atomic E-state index is 12.7. The number of carboxylic acids is 1. The second-order valence-electron chi connectivity index (χ2n) is 6.23. The van der Waals surface area contributed by atoms with E-state index >= 15 is 0 Å². The zero-order valence-corrected chi connectivity index (χ0v) is 15.4. The average Bonchev–Trinajstić information content (AvgIpc) is 2.67. The van der Waals surface area contributed by atoms with Crippen molar-refractivity contribution in [1.29, 1.82) is 0 Å². The molecule has 1 amide bonds. The molecular weight excluding hydrogens is 370 g/mol. The van der Waals surface area contributed by atoms with Crippen LogP contribution < -0.4 is 5.32 Å². The Morgan fingerprint density at radius 2 is 1.89 bits per heavy atom. The first-order valence-corrected chi connectivity index (χ1v) is 9.04. The van der Waals surface area contributed by atoms with E-state index in [0.29, 0.717) is 31.1 Å². The molecule has 6 nitrogen and oxygen atoms in total. The fraction of sp³-hybridized carbons (Fsp3) is 0.300. The quantitative estimate of drug-likeness (QED) is 0.780. The van der Waals surface area contributed by atoms with E-state index in [-0.39, 0.29) is 22.6 Å². The number of ether oxygens (including phenoxy) is 2. The van der Waals surface area contributed by atoms with E-state index in [1.807, 2.05) is 12.1 Å². The molecule has 2 aromatic carbocycles. The topological polar surface area (TPSA) is 84.9 Å². The van der Waals surface area contributed by atoms with E-state index in [1.165, 1.54) is 18.2 Å². The van der Waals surface area contributed by atoms with Gasteiger partial charge in [-0.3, -0.25) is 4.79 Å². The maximum Gasteiger partial charge on any atom is 0.337 e. The van der Waals surface area contributed by atoms with Crippen molar-refractivity contribution in [3.8, 4) is 0 Å². The summed E-state index contributed by atoms with van der Waals surface area (Å²) in [6, 6.07) is 11.5. The molecule has 7 heteroatoms. The number of hydrogen-bond donors (Lipinski definition) is 2. The standard InChI is InChI=1S/C20H20ClNO5/c21-18-11-14(5-6-17(18)20(24)25)22-19(23)16-4-2-1-3-13(16)12-27-15-7-9-26-10-8-15/h1-6,11,15H,7-10,12H2,(H,22,23)(H,24,25). The lowest BCUT2D eigenvalue weighted by atomic mass is 10.1. The van der Waals surface area contributed by atoms with E-state index in [4.69, 9.17) is 26.2 Å². The highest BCUT2D eigenvalue weighted by Crippen LogP contribution is 2.22. The van der Waals surface area contributed by atoms with Gasteiger partial charge in [0.1, 0.15) is 0 Å². The molecule has 1 heterocycles. The van der Waals surface area contributed by atoms with Crippen LogP contribution in [0.5, 0.6) is 0 Å². The predicted octanol–water partition coefficient (Wildman–Crippen LogP) is 3.99. The summed E-state index contributed by atoms with van der Waals surface area (Å²) in [5, 5.41) is 11.8. The normalized spacial score (nSPS) is 14.7. The Hall–Kier alpha value is -2.41. The molecule has 1 aliphatic rings. The molecule has 0 unspecified atom stereocenters. The van der Waals surface area contributed by atoms with Crippen molar-refractivity contribution >= 4 is 29.2 Å². The molecule has 0 atom stereocenters. The maximum atomic E-state index is 12.7. The summed E-state index contributed by atoms with van der Waals surface area (Å²) >= 11 is 5.96. The molecule has 1 fully saturated rings. The van der Waals surface area contributed by atoms with Gasteiger partial charge in [0, 0.05) is 24.5 Å². The summed E-state index contributed by atoms with van der Waals surface area (Å²) in [4.78, 5) is 23.7. The zero-order chi connectivity index (χ0) is 19.2. The Labute approximate surface area is 162 Å². The van der Waals surface area contributed by atoms with Crippen LogP contribution >= 0.6 is 11.6 Å². The highest BCUT2D eigenvalue weighted by molar-refractivity contribution is 6.33. The lowest BCUT2D eigenvalue weighted by Crippen LogP contribution is -2.24. The van der Waals surface area contributed by atoms with E-state index in [9.17, 15) is 9.59 Å². The highest BCUT2D eigenvalue weighted by Gasteiger charge is 2.17. The van der Waals surface area contributed by atoms with Gasteiger partial charge in [0.25, 0.3) is 5.91 Å². The SMILES string of the molecule is O=C(O)c1ccc(NC(=O)c2ccccc2COC2CCOCC2)cc1Cl. The molecule has 0 spiro atoms. The van der Waals surface area contributed by atoms with Gasteiger partial charge in [-0.1, -0.05) is 29.8 Å². The third-order valence-corrected chi connectivity index (χ3v) is 4.67. The van der Waals surface area contributed by atoms with E-state index in [0.717, 1.165) is 18.4 Å². The van der Waals surface area contributed by atoms with Gasteiger partial charge in [-0.2, -0.15) is 0 Å². The fourth-order valence-electron chi connectivity index (χ4n) is 2.88. The van der Waals surface area contributed by atoms with Crippen LogP contribution in [-0.2, 0) is 16.1 Å².